The van der Waals surface area contributed by atoms with E-state index in [-0.39, 0.29) is 17.1 Å². The Morgan fingerprint density at radius 1 is 1.03 bits per heavy atom. The smallest absolute Gasteiger partial charge is 0.258 e. The number of hydrogen-bond acceptors (Lipinski definition) is 6. The van der Waals surface area contributed by atoms with E-state index in [1.54, 1.807) is 11.8 Å². The largest absolute Gasteiger partial charge is 0.301 e. The Morgan fingerprint density at radius 2 is 1.77 bits per heavy atom. The predicted octanol–water partition coefficient (Wildman–Crippen LogP) is 6.09. The third-order valence-electron chi connectivity index (χ3n) is 5.54. The monoisotopic (exact) mass is 438 g/mol. The van der Waals surface area contributed by atoms with Gasteiger partial charge in [0.15, 0.2) is 0 Å². The van der Waals surface area contributed by atoms with Crippen LogP contribution >= 0.6 is 11.8 Å². The van der Waals surface area contributed by atoms with Crippen LogP contribution in [0.2, 0.25) is 0 Å². The maximum atomic E-state index is 11.6. The Balaban J connectivity index is 1.82. The number of benzene rings is 2. The van der Waals surface area contributed by atoms with Crippen molar-refractivity contribution in [3.05, 3.63) is 74.5 Å². The fourth-order valence-corrected chi connectivity index (χ4v) is 5.27. The number of thioether (sulfide) groups is 1. The first-order valence-corrected chi connectivity index (χ1v) is 11.1. The topological polar surface area (TPSA) is 104 Å². The van der Waals surface area contributed by atoms with E-state index in [2.05, 4.69) is 0 Å². The van der Waals surface area contributed by atoms with Crippen LogP contribution in [0.25, 0.3) is 16.9 Å². The van der Waals surface area contributed by atoms with Crippen LogP contribution in [-0.2, 0) is 0 Å². The quantitative estimate of drug-likeness (QED) is 0.341. The molecule has 1 aliphatic carbocycles. The molecule has 4 rings (SSSR count). The highest BCUT2D eigenvalue weighted by atomic mass is 32.2. The summed E-state index contributed by atoms with van der Waals surface area (Å²) >= 11 is 1.77. The molecule has 3 aromatic rings. The van der Waals surface area contributed by atoms with Crippen molar-refractivity contribution < 1.29 is 9.85 Å². The second kappa shape index (κ2) is 8.89. The van der Waals surface area contributed by atoms with Crippen LogP contribution < -0.4 is 0 Å². The summed E-state index contributed by atoms with van der Waals surface area (Å²) in [6.07, 6.45) is 7.77. The lowest BCUT2D eigenvalue weighted by atomic mass is 10.0. The highest BCUT2D eigenvalue weighted by Gasteiger charge is 2.25. The summed E-state index contributed by atoms with van der Waals surface area (Å²) in [6.45, 7) is 2.01. The minimum Gasteiger partial charge on any atom is -0.258 e. The molecular formula is C22H22N4O4S. The van der Waals surface area contributed by atoms with Crippen molar-refractivity contribution in [1.29, 1.82) is 0 Å². The van der Waals surface area contributed by atoms with Crippen LogP contribution in [0.5, 0.6) is 0 Å². The van der Waals surface area contributed by atoms with Gasteiger partial charge in [0.2, 0.25) is 0 Å². The van der Waals surface area contributed by atoms with Gasteiger partial charge in [0.05, 0.1) is 20.8 Å². The highest BCUT2D eigenvalue weighted by molar-refractivity contribution is 8.00. The summed E-state index contributed by atoms with van der Waals surface area (Å²) in [7, 11) is 0. The SMILES string of the molecule is Cc1ccccc1-c1nn(-c2ccc([N+](=O)[O-])cc2[N+](=O)[O-])cc1SC1CCCCC1. The van der Waals surface area contributed by atoms with Crippen molar-refractivity contribution in [3.63, 3.8) is 0 Å². The van der Waals surface area contributed by atoms with Crippen molar-refractivity contribution in [2.75, 3.05) is 0 Å². The highest BCUT2D eigenvalue weighted by Crippen LogP contribution is 2.40. The molecule has 2 aromatic carbocycles. The van der Waals surface area contributed by atoms with Crippen LogP contribution in [0.3, 0.4) is 0 Å². The molecule has 1 aliphatic rings. The second-order valence-corrected chi connectivity index (χ2v) is 9.01. The van der Waals surface area contributed by atoms with Gasteiger partial charge in [-0.15, -0.1) is 11.8 Å². The molecule has 1 heterocycles. The summed E-state index contributed by atoms with van der Waals surface area (Å²) in [4.78, 5) is 22.4. The first-order chi connectivity index (χ1) is 14.9. The van der Waals surface area contributed by atoms with Gasteiger partial charge < -0.3 is 0 Å². The number of rotatable bonds is 6. The number of aryl methyl sites for hydroxylation is 1. The molecule has 0 amide bonds. The van der Waals surface area contributed by atoms with Crippen LogP contribution in [0.1, 0.15) is 37.7 Å². The third-order valence-corrected chi connectivity index (χ3v) is 6.90. The molecular weight excluding hydrogens is 416 g/mol. The predicted molar refractivity (Wildman–Crippen MR) is 120 cm³/mol. The molecule has 8 nitrogen and oxygen atoms in total. The molecule has 1 fully saturated rings. The van der Waals surface area contributed by atoms with Gasteiger partial charge in [0, 0.05) is 23.1 Å². The Kier molecular flexibility index (Phi) is 6.03. The third kappa shape index (κ3) is 4.46. The number of non-ortho nitro benzene ring substituents is 1. The number of hydrogen-bond donors (Lipinski definition) is 0. The summed E-state index contributed by atoms with van der Waals surface area (Å²) in [5.74, 6) is 0. The normalized spacial score (nSPS) is 14.5. The molecule has 31 heavy (non-hydrogen) atoms. The molecule has 1 saturated carbocycles. The lowest BCUT2D eigenvalue weighted by Crippen LogP contribution is -2.07. The standard InChI is InChI=1S/C22H22N4O4S/c1-15-7-5-6-10-18(15)22-21(31-17-8-3-2-4-9-17)14-24(23-22)19-12-11-16(25(27)28)13-20(19)26(29)30/h5-7,10-14,17H,2-4,8-9H2,1H3. The van der Waals surface area contributed by atoms with Gasteiger partial charge in [0.25, 0.3) is 5.69 Å². The molecule has 9 heteroatoms. The molecule has 0 bridgehead atoms. The molecule has 0 atom stereocenters. The summed E-state index contributed by atoms with van der Waals surface area (Å²) < 4.78 is 1.48. The van der Waals surface area contributed by atoms with Crippen molar-refractivity contribution >= 4 is 23.1 Å². The van der Waals surface area contributed by atoms with Crippen LogP contribution in [0.15, 0.2) is 53.6 Å². The fourth-order valence-electron chi connectivity index (χ4n) is 3.92. The van der Waals surface area contributed by atoms with Gasteiger partial charge in [0.1, 0.15) is 11.4 Å². The average Bonchev–Trinajstić information content (AvgIpc) is 3.17. The molecule has 0 aliphatic heterocycles. The van der Waals surface area contributed by atoms with E-state index in [9.17, 15) is 20.2 Å². The summed E-state index contributed by atoms with van der Waals surface area (Å²) in [6, 6.07) is 11.6. The second-order valence-electron chi connectivity index (χ2n) is 7.67. The van der Waals surface area contributed by atoms with Crippen molar-refractivity contribution in [2.45, 2.75) is 49.2 Å². The Bertz CT molecular complexity index is 1140. The zero-order valence-corrected chi connectivity index (χ0v) is 17.9. The number of nitro benzene ring substituents is 2. The van der Waals surface area contributed by atoms with Crippen LogP contribution in [0, 0.1) is 27.2 Å². The Morgan fingerprint density at radius 3 is 2.45 bits per heavy atom. The van der Waals surface area contributed by atoms with Crippen molar-refractivity contribution in [3.8, 4) is 16.9 Å². The van der Waals surface area contributed by atoms with E-state index in [1.807, 2.05) is 37.4 Å². The first kappa shape index (κ1) is 21.0. The lowest BCUT2D eigenvalue weighted by Gasteiger charge is -2.20. The lowest BCUT2D eigenvalue weighted by molar-refractivity contribution is -0.394. The first-order valence-electron chi connectivity index (χ1n) is 10.2. The van der Waals surface area contributed by atoms with Gasteiger partial charge in [-0.25, -0.2) is 4.68 Å². The minimum atomic E-state index is -0.636. The Labute approximate surface area is 183 Å². The van der Waals surface area contributed by atoms with Crippen molar-refractivity contribution in [1.82, 2.24) is 9.78 Å². The fraction of sp³-hybridized carbons (Fsp3) is 0.318. The van der Waals surface area contributed by atoms with Gasteiger partial charge >= 0.3 is 5.69 Å². The van der Waals surface area contributed by atoms with E-state index in [0.29, 0.717) is 5.25 Å². The van der Waals surface area contributed by atoms with Gasteiger partial charge in [-0.2, -0.15) is 5.10 Å². The molecule has 0 unspecified atom stereocenters. The molecule has 0 radical (unpaired) electrons. The van der Waals surface area contributed by atoms with E-state index >= 15 is 0 Å². The maximum Gasteiger partial charge on any atom is 0.301 e. The molecule has 160 valence electrons. The van der Waals surface area contributed by atoms with Crippen molar-refractivity contribution in [2.24, 2.45) is 0 Å². The van der Waals surface area contributed by atoms with E-state index < -0.39 is 9.85 Å². The average molecular weight is 439 g/mol. The van der Waals surface area contributed by atoms with Crippen LogP contribution in [-0.4, -0.2) is 24.9 Å². The van der Waals surface area contributed by atoms with E-state index in [4.69, 9.17) is 5.10 Å². The van der Waals surface area contributed by atoms with Gasteiger partial charge in [-0.3, -0.25) is 20.2 Å². The zero-order valence-electron chi connectivity index (χ0n) is 17.1. The molecule has 0 saturated heterocycles. The Hall–Kier alpha value is -3.20. The van der Waals surface area contributed by atoms with Gasteiger partial charge in [-0.05, 0) is 31.4 Å². The number of nitrogens with zero attached hydrogens (tertiary/aromatic N) is 4. The van der Waals surface area contributed by atoms with Gasteiger partial charge in [-0.1, -0.05) is 43.5 Å². The molecule has 0 N–H and O–H groups in total. The number of aromatic nitrogens is 2. The zero-order chi connectivity index (χ0) is 22.0. The van der Waals surface area contributed by atoms with E-state index in [0.717, 1.165) is 40.6 Å². The minimum absolute atomic E-state index is 0.209. The molecule has 0 spiro atoms. The maximum absolute atomic E-state index is 11.6. The van der Waals surface area contributed by atoms with Crippen LogP contribution in [0.4, 0.5) is 11.4 Å². The summed E-state index contributed by atoms with van der Waals surface area (Å²) in [5.41, 5.74) is 2.36. The molecule has 1 aromatic heterocycles. The summed E-state index contributed by atoms with van der Waals surface area (Å²) in [5, 5.41) is 27.9. The van der Waals surface area contributed by atoms with E-state index in [1.165, 1.54) is 36.1 Å². The number of nitro groups is 2.